The third-order valence-electron chi connectivity index (χ3n) is 3.57. The minimum absolute atomic E-state index is 0.146. The lowest BCUT2D eigenvalue weighted by Gasteiger charge is -2.36. The molecule has 0 saturated carbocycles. The Morgan fingerprint density at radius 2 is 1.89 bits per heavy atom. The van der Waals surface area contributed by atoms with Gasteiger partial charge in [-0.1, -0.05) is 12.1 Å². The Kier molecular flexibility index (Phi) is 4.91. The molecule has 0 atom stereocenters. The van der Waals surface area contributed by atoms with Crippen LogP contribution in [0.1, 0.15) is 19.8 Å². The number of carbonyl (C=O) groups is 1. The summed E-state index contributed by atoms with van der Waals surface area (Å²) in [5, 5.41) is 0. The van der Waals surface area contributed by atoms with E-state index in [0.29, 0.717) is 12.1 Å². The van der Waals surface area contributed by atoms with Crippen LogP contribution < -0.4 is 4.90 Å². The monoisotopic (exact) mass is 264 g/mol. The van der Waals surface area contributed by atoms with Gasteiger partial charge in [-0.3, -0.25) is 4.90 Å². The van der Waals surface area contributed by atoms with Crippen molar-refractivity contribution in [2.45, 2.75) is 19.8 Å². The number of nitrogens with zero attached hydrogens (tertiary/aromatic N) is 2. The number of halogens is 1. The molecule has 0 amide bonds. The van der Waals surface area contributed by atoms with Crippen molar-refractivity contribution in [3.05, 3.63) is 30.1 Å². The number of rotatable bonds is 5. The molecular weight excluding hydrogens is 243 g/mol. The lowest BCUT2D eigenvalue weighted by Crippen LogP contribution is -2.46. The molecule has 0 spiro atoms. The summed E-state index contributed by atoms with van der Waals surface area (Å²) in [5.74, 6) is 0.109. The van der Waals surface area contributed by atoms with Crippen LogP contribution in [0.3, 0.4) is 0 Å². The highest BCUT2D eigenvalue weighted by Crippen LogP contribution is 2.20. The summed E-state index contributed by atoms with van der Waals surface area (Å²) < 4.78 is 13.7. The number of hydrogen-bond acceptors (Lipinski definition) is 3. The van der Waals surface area contributed by atoms with Crippen LogP contribution >= 0.6 is 0 Å². The van der Waals surface area contributed by atoms with E-state index >= 15 is 0 Å². The third kappa shape index (κ3) is 4.03. The summed E-state index contributed by atoms with van der Waals surface area (Å²) in [5.41, 5.74) is 0.700. The SMILES string of the molecule is CC(=O)CCCN1CCN(c2ccccc2F)CC1. The fourth-order valence-corrected chi connectivity index (χ4v) is 2.47. The van der Waals surface area contributed by atoms with Gasteiger partial charge < -0.3 is 9.69 Å². The summed E-state index contributed by atoms with van der Waals surface area (Å²) in [7, 11) is 0. The van der Waals surface area contributed by atoms with E-state index < -0.39 is 0 Å². The number of piperazine rings is 1. The molecule has 1 aliphatic heterocycles. The number of para-hydroxylation sites is 1. The van der Waals surface area contributed by atoms with E-state index in [9.17, 15) is 9.18 Å². The number of carbonyl (C=O) groups excluding carboxylic acids is 1. The number of hydrogen-bond donors (Lipinski definition) is 0. The average molecular weight is 264 g/mol. The fraction of sp³-hybridized carbons (Fsp3) is 0.533. The van der Waals surface area contributed by atoms with Crippen molar-refractivity contribution in [2.75, 3.05) is 37.6 Å². The quantitative estimate of drug-likeness (QED) is 0.815. The standard InChI is InChI=1S/C15H21FN2O/c1-13(19)5-4-8-17-9-11-18(12-10-17)15-7-3-2-6-14(15)16/h2-3,6-7H,4-5,8-12H2,1H3. The largest absolute Gasteiger partial charge is 0.367 e. The van der Waals surface area contributed by atoms with E-state index in [4.69, 9.17) is 0 Å². The Labute approximate surface area is 114 Å². The van der Waals surface area contributed by atoms with Crippen LogP contribution in [0.15, 0.2) is 24.3 Å². The lowest BCUT2D eigenvalue weighted by molar-refractivity contribution is -0.117. The Morgan fingerprint density at radius 1 is 1.21 bits per heavy atom. The minimum Gasteiger partial charge on any atom is -0.367 e. The Bertz CT molecular complexity index is 428. The summed E-state index contributed by atoms with van der Waals surface area (Å²) in [4.78, 5) is 15.3. The van der Waals surface area contributed by atoms with Crippen LogP contribution in [0, 0.1) is 5.82 Å². The van der Waals surface area contributed by atoms with E-state index in [1.165, 1.54) is 6.07 Å². The van der Waals surface area contributed by atoms with Gasteiger partial charge in [-0.15, -0.1) is 0 Å². The van der Waals surface area contributed by atoms with E-state index in [2.05, 4.69) is 9.80 Å². The number of anilines is 1. The smallest absolute Gasteiger partial charge is 0.146 e. The Morgan fingerprint density at radius 3 is 2.53 bits per heavy atom. The van der Waals surface area contributed by atoms with Crippen LogP contribution in [0.4, 0.5) is 10.1 Å². The molecule has 1 saturated heterocycles. The molecule has 1 aliphatic rings. The van der Waals surface area contributed by atoms with E-state index in [-0.39, 0.29) is 11.6 Å². The van der Waals surface area contributed by atoms with Crippen molar-refractivity contribution in [2.24, 2.45) is 0 Å². The molecule has 2 rings (SSSR count). The third-order valence-corrected chi connectivity index (χ3v) is 3.57. The molecule has 0 bridgehead atoms. The molecule has 19 heavy (non-hydrogen) atoms. The molecule has 1 heterocycles. The van der Waals surface area contributed by atoms with E-state index in [0.717, 1.165) is 39.1 Å². The summed E-state index contributed by atoms with van der Waals surface area (Å²) in [6.07, 6.45) is 1.59. The Balaban J connectivity index is 1.79. The summed E-state index contributed by atoms with van der Waals surface area (Å²) in [6.45, 7) is 6.17. The van der Waals surface area contributed by atoms with Gasteiger partial charge in [0.15, 0.2) is 0 Å². The molecule has 1 fully saturated rings. The first-order chi connectivity index (χ1) is 9.16. The maximum Gasteiger partial charge on any atom is 0.146 e. The maximum absolute atomic E-state index is 13.7. The van der Waals surface area contributed by atoms with Crippen LogP contribution in [-0.2, 0) is 4.79 Å². The normalized spacial score (nSPS) is 16.6. The first kappa shape index (κ1) is 14.0. The topological polar surface area (TPSA) is 23.6 Å². The molecule has 1 aromatic rings. The predicted molar refractivity (Wildman–Crippen MR) is 75.0 cm³/mol. The van der Waals surface area contributed by atoms with Crippen LogP contribution in [0.2, 0.25) is 0 Å². The molecular formula is C15H21FN2O. The molecule has 3 nitrogen and oxygen atoms in total. The van der Waals surface area contributed by atoms with E-state index in [1.807, 2.05) is 12.1 Å². The number of benzene rings is 1. The van der Waals surface area contributed by atoms with Crippen molar-refractivity contribution >= 4 is 11.5 Å². The lowest BCUT2D eigenvalue weighted by atomic mass is 10.2. The summed E-state index contributed by atoms with van der Waals surface area (Å²) >= 11 is 0. The molecule has 0 radical (unpaired) electrons. The summed E-state index contributed by atoms with van der Waals surface area (Å²) in [6, 6.07) is 6.93. The second-order valence-corrected chi connectivity index (χ2v) is 5.09. The number of Topliss-reactive ketones (excluding diaryl/α,β-unsaturated/α-hetero) is 1. The fourth-order valence-electron chi connectivity index (χ4n) is 2.47. The van der Waals surface area contributed by atoms with Crippen molar-refractivity contribution < 1.29 is 9.18 Å². The van der Waals surface area contributed by atoms with Gasteiger partial charge in [-0.2, -0.15) is 0 Å². The molecule has 1 aromatic carbocycles. The first-order valence-electron chi connectivity index (χ1n) is 6.88. The molecule has 104 valence electrons. The van der Waals surface area contributed by atoms with Gasteiger partial charge >= 0.3 is 0 Å². The van der Waals surface area contributed by atoms with Crippen LogP contribution in [-0.4, -0.2) is 43.4 Å². The zero-order valence-electron chi connectivity index (χ0n) is 11.4. The minimum atomic E-state index is -0.146. The zero-order valence-corrected chi connectivity index (χ0v) is 11.4. The zero-order chi connectivity index (χ0) is 13.7. The molecule has 0 unspecified atom stereocenters. The van der Waals surface area contributed by atoms with Crippen LogP contribution in [0.5, 0.6) is 0 Å². The average Bonchev–Trinajstić information content (AvgIpc) is 2.40. The van der Waals surface area contributed by atoms with Gasteiger partial charge in [0, 0.05) is 32.6 Å². The molecule has 0 aliphatic carbocycles. The van der Waals surface area contributed by atoms with Crippen molar-refractivity contribution in [3.63, 3.8) is 0 Å². The van der Waals surface area contributed by atoms with Gasteiger partial charge in [0.05, 0.1) is 5.69 Å². The van der Waals surface area contributed by atoms with Gasteiger partial charge in [0.1, 0.15) is 11.6 Å². The highest BCUT2D eigenvalue weighted by Gasteiger charge is 2.18. The highest BCUT2D eigenvalue weighted by atomic mass is 19.1. The van der Waals surface area contributed by atoms with Gasteiger partial charge in [0.25, 0.3) is 0 Å². The number of ketones is 1. The van der Waals surface area contributed by atoms with Crippen molar-refractivity contribution in [1.29, 1.82) is 0 Å². The van der Waals surface area contributed by atoms with Gasteiger partial charge in [-0.25, -0.2) is 4.39 Å². The first-order valence-corrected chi connectivity index (χ1v) is 6.88. The second-order valence-electron chi connectivity index (χ2n) is 5.09. The Hall–Kier alpha value is -1.42. The van der Waals surface area contributed by atoms with Gasteiger partial charge in [-0.05, 0) is 32.0 Å². The van der Waals surface area contributed by atoms with Crippen molar-refractivity contribution in [1.82, 2.24) is 4.90 Å². The second kappa shape index (κ2) is 6.66. The van der Waals surface area contributed by atoms with Crippen LogP contribution in [0.25, 0.3) is 0 Å². The highest BCUT2D eigenvalue weighted by molar-refractivity contribution is 5.75. The van der Waals surface area contributed by atoms with Gasteiger partial charge in [0.2, 0.25) is 0 Å². The predicted octanol–water partition coefficient (Wildman–Crippen LogP) is 2.32. The molecule has 4 heteroatoms. The van der Waals surface area contributed by atoms with E-state index in [1.54, 1.807) is 13.0 Å². The van der Waals surface area contributed by atoms with Crippen molar-refractivity contribution in [3.8, 4) is 0 Å². The molecule has 0 aromatic heterocycles. The molecule has 0 N–H and O–H groups in total. The maximum atomic E-state index is 13.7.